The minimum atomic E-state index is -0.400. The second-order valence-corrected chi connectivity index (χ2v) is 5.30. The summed E-state index contributed by atoms with van der Waals surface area (Å²) in [6.07, 6.45) is 1.57. The van der Waals surface area contributed by atoms with Crippen LogP contribution in [0.5, 0.6) is 11.6 Å². The monoisotopic (exact) mass is 340 g/mol. The van der Waals surface area contributed by atoms with Gasteiger partial charge in [-0.3, -0.25) is 4.79 Å². The third kappa shape index (κ3) is 3.77. The summed E-state index contributed by atoms with van der Waals surface area (Å²) in [5, 5.41) is 3.43. The zero-order valence-corrected chi connectivity index (χ0v) is 13.7. The standard InChI is InChI=1S/C18H16N2O5/c1-11-8-17(22)25-15-6-5-12(9-13(11)15)24-10-16(21)20-14-4-3-7-19-18(14)23-2/h3-9H,10H2,1-2H3,(H,20,21). The molecular formula is C18H16N2O5. The van der Waals surface area contributed by atoms with E-state index in [-0.39, 0.29) is 12.5 Å². The maximum Gasteiger partial charge on any atom is 0.336 e. The molecule has 25 heavy (non-hydrogen) atoms. The molecule has 0 saturated heterocycles. The first-order chi connectivity index (χ1) is 12.1. The topological polar surface area (TPSA) is 90.7 Å². The Bertz CT molecular complexity index is 981. The molecule has 1 aromatic carbocycles. The molecule has 1 N–H and O–H groups in total. The number of methoxy groups -OCH3 is 1. The zero-order valence-electron chi connectivity index (χ0n) is 13.7. The lowest BCUT2D eigenvalue weighted by Crippen LogP contribution is -2.20. The predicted molar refractivity (Wildman–Crippen MR) is 92.1 cm³/mol. The number of fused-ring (bicyclic) bond motifs is 1. The lowest BCUT2D eigenvalue weighted by Gasteiger charge is -2.10. The van der Waals surface area contributed by atoms with Gasteiger partial charge in [0, 0.05) is 17.6 Å². The van der Waals surface area contributed by atoms with Crippen molar-refractivity contribution in [1.82, 2.24) is 4.98 Å². The Morgan fingerprint density at radius 1 is 1.28 bits per heavy atom. The van der Waals surface area contributed by atoms with Crippen LogP contribution in [0, 0.1) is 6.92 Å². The van der Waals surface area contributed by atoms with E-state index in [1.165, 1.54) is 13.2 Å². The Kier molecular flexibility index (Phi) is 4.65. The summed E-state index contributed by atoms with van der Waals surface area (Å²) < 4.78 is 15.7. The SMILES string of the molecule is COc1ncccc1NC(=O)COc1ccc2oc(=O)cc(C)c2c1. The number of aromatic nitrogens is 1. The number of hydrogen-bond acceptors (Lipinski definition) is 6. The van der Waals surface area contributed by atoms with Crippen LogP contribution in [0.2, 0.25) is 0 Å². The molecule has 128 valence electrons. The molecule has 0 bridgehead atoms. The number of carbonyl (C=O) groups is 1. The molecule has 0 radical (unpaired) electrons. The molecular weight excluding hydrogens is 324 g/mol. The van der Waals surface area contributed by atoms with Crippen LogP contribution in [0.25, 0.3) is 11.0 Å². The lowest BCUT2D eigenvalue weighted by atomic mass is 10.1. The number of benzene rings is 1. The molecule has 0 aliphatic carbocycles. The van der Waals surface area contributed by atoms with Gasteiger partial charge in [-0.1, -0.05) is 0 Å². The molecule has 0 atom stereocenters. The molecule has 0 aliphatic rings. The molecule has 2 aromatic heterocycles. The fraction of sp³-hybridized carbons (Fsp3) is 0.167. The summed E-state index contributed by atoms with van der Waals surface area (Å²) in [5.74, 6) is 0.479. The van der Waals surface area contributed by atoms with Crippen molar-refractivity contribution >= 4 is 22.6 Å². The summed E-state index contributed by atoms with van der Waals surface area (Å²) in [6, 6.07) is 9.80. The molecule has 3 aromatic rings. The van der Waals surface area contributed by atoms with Gasteiger partial charge in [-0.15, -0.1) is 0 Å². The fourth-order valence-electron chi connectivity index (χ4n) is 2.37. The highest BCUT2D eigenvalue weighted by molar-refractivity contribution is 5.93. The zero-order chi connectivity index (χ0) is 17.8. The first kappa shape index (κ1) is 16.5. The van der Waals surface area contributed by atoms with Crippen molar-refractivity contribution in [3.63, 3.8) is 0 Å². The normalized spacial score (nSPS) is 10.5. The number of nitrogens with zero attached hydrogens (tertiary/aromatic N) is 1. The van der Waals surface area contributed by atoms with Crippen molar-refractivity contribution < 1.29 is 18.7 Å². The molecule has 0 aliphatic heterocycles. The van der Waals surface area contributed by atoms with Gasteiger partial charge >= 0.3 is 5.63 Å². The van der Waals surface area contributed by atoms with Crippen LogP contribution < -0.4 is 20.4 Å². The second-order valence-electron chi connectivity index (χ2n) is 5.30. The van der Waals surface area contributed by atoms with Crippen molar-refractivity contribution in [3.8, 4) is 11.6 Å². The summed E-state index contributed by atoms with van der Waals surface area (Å²) in [4.78, 5) is 27.4. The number of aryl methyl sites for hydroxylation is 1. The number of amides is 1. The third-order valence-corrected chi connectivity index (χ3v) is 3.53. The third-order valence-electron chi connectivity index (χ3n) is 3.53. The van der Waals surface area contributed by atoms with Gasteiger partial charge in [-0.2, -0.15) is 0 Å². The fourth-order valence-corrected chi connectivity index (χ4v) is 2.37. The van der Waals surface area contributed by atoms with E-state index in [0.29, 0.717) is 22.9 Å². The molecule has 0 unspecified atom stereocenters. The lowest BCUT2D eigenvalue weighted by molar-refractivity contribution is -0.118. The molecule has 7 nitrogen and oxygen atoms in total. The number of nitrogens with one attached hydrogen (secondary N) is 1. The van der Waals surface area contributed by atoms with E-state index in [9.17, 15) is 9.59 Å². The Labute approximate surface area is 143 Å². The molecule has 7 heteroatoms. The van der Waals surface area contributed by atoms with Gasteiger partial charge in [0.05, 0.1) is 7.11 Å². The van der Waals surface area contributed by atoms with E-state index in [0.717, 1.165) is 10.9 Å². The average Bonchev–Trinajstić information content (AvgIpc) is 2.60. The largest absolute Gasteiger partial charge is 0.484 e. The van der Waals surface area contributed by atoms with E-state index in [2.05, 4.69) is 10.3 Å². The Morgan fingerprint density at radius 3 is 2.92 bits per heavy atom. The number of ether oxygens (including phenoxy) is 2. The van der Waals surface area contributed by atoms with Crippen LogP contribution in [-0.2, 0) is 4.79 Å². The van der Waals surface area contributed by atoms with Crippen LogP contribution in [-0.4, -0.2) is 24.6 Å². The van der Waals surface area contributed by atoms with Gasteiger partial charge in [0.1, 0.15) is 17.0 Å². The van der Waals surface area contributed by atoms with Crippen LogP contribution in [0.1, 0.15) is 5.56 Å². The van der Waals surface area contributed by atoms with Gasteiger partial charge in [0.2, 0.25) is 5.88 Å². The van der Waals surface area contributed by atoms with Crippen molar-refractivity contribution in [2.45, 2.75) is 6.92 Å². The van der Waals surface area contributed by atoms with Gasteiger partial charge in [0.15, 0.2) is 6.61 Å². The van der Waals surface area contributed by atoms with Crippen molar-refractivity contribution in [3.05, 3.63) is 58.6 Å². The number of carbonyl (C=O) groups excluding carboxylic acids is 1. The van der Waals surface area contributed by atoms with E-state index >= 15 is 0 Å². The van der Waals surface area contributed by atoms with Gasteiger partial charge in [-0.05, 0) is 42.8 Å². The first-order valence-electron chi connectivity index (χ1n) is 7.53. The van der Waals surface area contributed by atoms with Crippen molar-refractivity contribution in [1.29, 1.82) is 0 Å². The molecule has 0 spiro atoms. The van der Waals surface area contributed by atoms with Gasteiger partial charge < -0.3 is 19.2 Å². The predicted octanol–water partition coefficient (Wildman–Crippen LogP) is 2.52. The van der Waals surface area contributed by atoms with E-state index in [4.69, 9.17) is 13.9 Å². The minimum Gasteiger partial charge on any atom is -0.484 e. The van der Waals surface area contributed by atoms with Crippen LogP contribution >= 0.6 is 0 Å². The number of rotatable bonds is 5. The molecule has 2 heterocycles. The van der Waals surface area contributed by atoms with Gasteiger partial charge in [-0.25, -0.2) is 9.78 Å². The Morgan fingerprint density at radius 2 is 2.12 bits per heavy atom. The summed E-state index contributed by atoms with van der Waals surface area (Å²) in [5.41, 5.74) is 1.32. The van der Waals surface area contributed by atoms with E-state index < -0.39 is 5.63 Å². The van der Waals surface area contributed by atoms with Crippen molar-refractivity contribution in [2.75, 3.05) is 19.0 Å². The maximum atomic E-state index is 12.0. The number of hydrogen-bond donors (Lipinski definition) is 1. The first-order valence-corrected chi connectivity index (χ1v) is 7.53. The maximum absolute atomic E-state index is 12.0. The van der Waals surface area contributed by atoms with Crippen LogP contribution in [0.15, 0.2) is 51.8 Å². The van der Waals surface area contributed by atoms with E-state index in [1.807, 2.05) is 6.92 Å². The molecule has 0 saturated carbocycles. The highest BCUT2D eigenvalue weighted by atomic mass is 16.5. The molecule has 1 amide bonds. The average molecular weight is 340 g/mol. The summed E-state index contributed by atoms with van der Waals surface area (Å²) in [6.45, 7) is 1.63. The highest BCUT2D eigenvalue weighted by Crippen LogP contribution is 2.23. The Balaban J connectivity index is 1.70. The summed E-state index contributed by atoms with van der Waals surface area (Å²) >= 11 is 0. The van der Waals surface area contributed by atoms with Crippen molar-refractivity contribution in [2.24, 2.45) is 0 Å². The highest BCUT2D eigenvalue weighted by Gasteiger charge is 2.10. The second kappa shape index (κ2) is 7.04. The number of pyridine rings is 1. The molecule has 0 fully saturated rings. The van der Waals surface area contributed by atoms with E-state index in [1.54, 1.807) is 36.5 Å². The Hall–Kier alpha value is -3.35. The summed E-state index contributed by atoms with van der Waals surface area (Å²) in [7, 11) is 1.48. The number of anilines is 1. The minimum absolute atomic E-state index is 0.181. The van der Waals surface area contributed by atoms with Crippen LogP contribution in [0.4, 0.5) is 5.69 Å². The van der Waals surface area contributed by atoms with Crippen LogP contribution in [0.3, 0.4) is 0 Å². The van der Waals surface area contributed by atoms with Gasteiger partial charge in [0.25, 0.3) is 5.91 Å². The quantitative estimate of drug-likeness (QED) is 0.718. The molecule has 3 rings (SSSR count). The smallest absolute Gasteiger partial charge is 0.336 e.